The Morgan fingerprint density at radius 2 is 1.51 bits per heavy atom. The molecule has 2 heterocycles. The Hall–Kier alpha value is -6.51. The molecule has 3 aliphatic rings. The van der Waals surface area contributed by atoms with Gasteiger partial charge in [-0.15, -0.1) is 0 Å². The molecule has 51 heavy (non-hydrogen) atoms. The molecule has 1 saturated heterocycles. The van der Waals surface area contributed by atoms with E-state index in [1.807, 2.05) is 18.2 Å². The van der Waals surface area contributed by atoms with E-state index < -0.39 is 47.1 Å². The number of nitrogens with zero attached hydrogens (tertiary/aromatic N) is 1. The molecule has 4 atom stereocenters. The number of nitro benzene ring substituents is 1. The van der Waals surface area contributed by atoms with Gasteiger partial charge in [0.05, 0.1) is 25.7 Å². The Bertz CT molecular complexity index is 1970. The quantitative estimate of drug-likeness (QED) is 0.0630. The van der Waals surface area contributed by atoms with E-state index in [-0.39, 0.29) is 48.7 Å². The molecule has 0 aromatic heterocycles. The molecule has 0 bridgehead atoms. The first kappa shape index (κ1) is 33.0. The molecule has 15 nitrogen and oxygen atoms in total. The molecule has 0 radical (unpaired) electrons. The van der Waals surface area contributed by atoms with Gasteiger partial charge in [-0.05, 0) is 53.1 Å². The molecule has 7 rings (SSSR count). The molecule has 262 valence electrons. The highest BCUT2D eigenvalue weighted by Crippen LogP contribution is 2.56. The van der Waals surface area contributed by atoms with Gasteiger partial charge in [-0.1, -0.05) is 30.3 Å². The number of cyclic esters (lactones) is 1. The zero-order chi connectivity index (χ0) is 35.6. The number of carbonyl (C=O) groups is 3. The molecule has 4 aromatic carbocycles. The third-order valence-corrected chi connectivity index (χ3v) is 8.82. The number of ether oxygens (including phenoxy) is 9. The summed E-state index contributed by atoms with van der Waals surface area (Å²) in [5.74, 6) is -1.62. The molecular weight excluding hydrogens is 670 g/mol. The minimum absolute atomic E-state index is 0.00110. The van der Waals surface area contributed by atoms with Gasteiger partial charge in [0.2, 0.25) is 12.5 Å². The number of fused-ring (bicyclic) bond motifs is 3. The van der Waals surface area contributed by atoms with Gasteiger partial charge in [-0.3, -0.25) is 14.9 Å². The lowest BCUT2D eigenvalue weighted by atomic mass is 9.66. The monoisotopic (exact) mass is 699 g/mol. The summed E-state index contributed by atoms with van der Waals surface area (Å²) >= 11 is 0. The standard InChI is InChI=1S/C36H29NO14/c1-43-28-12-20(13-29(44-2)33(28)51-35(39)46-16-19-6-4-3-5-7-19)30-23-14-26-27(48-18-47-26)15-24(23)32(31-25(30)17-45-34(31)38)50-36(40)49-22-10-8-21(9-11-22)37(41)42/h3-15,25,30-32H,16-18H2,1-2H3/t25-,30-,31+,32-/m1/s1. The van der Waals surface area contributed by atoms with Crippen LogP contribution in [0.2, 0.25) is 0 Å². The number of hydrogen-bond donors (Lipinski definition) is 0. The summed E-state index contributed by atoms with van der Waals surface area (Å²) in [6.45, 7) is -0.0767. The number of nitro groups is 1. The lowest BCUT2D eigenvalue weighted by Gasteiger charge is -2.38. The summed E-state index contributed by atoms with van der Waals surface area (Å²) in [6, 6.07) is 20.7. The number of hydrogen-bond acceptors (Lipinski definition) is 14. The molecule has 0 spiro atoms. The van der Waals surface area contributed by atoms with Crippen LogP contribution in [0.25, 0.3) is 0 Å². The van der Waals surface area contributed by atoms with Crippen LogP contribution in [0.5, 0.6) is 34.5 Å². The van der Waals surface area contributed by atoms with E-state index >= 15 is 0 Å². The highest BCUT2D eigenvalue weighted by Gasteiger charge is 2.54. The topological polar surface area (TPSA) is 177 Å². The predicted octanol–water partition coefficient (Wildman–Crippen LogP) is 6.25. The Labute approximate surface area is 289 Å². The summed E-state index contributed by atoms with van der Waals surface area (Å²) in [7, 11) is 2.80. The van der Waals surface area contributed by atoms with E-state index in [0.29, 0.717) is 28.2 Å². The van der Waals surface area contributed by atoms with Crippen molar-refractivity contribution in [3.8, 4) is 34.5 Å². The van der Waals surface area contributed by atoms with E-state index in [1.54, 1.807) is 36.4 Å². The number of benzene rings is 4. The average molecular weight is 700 g/mol. The Morgan fingerprint density at radius 3 is 2.16 bits per heavy atom. The van der Waals surface area contributed by atoms with E-state index in [1.165, 1.54) is 38.5 Å². The van der Waals surface area contributed by atoms with Crippen molar-refractivity contribution in [2.45, 2.75) is 18.6 Å². The van der Waals surface area contributed by atoms with Gasteiger partial charge < -0.3 is 42.6 Å². The molecule has 0 amide bonds. The Morgan fingerprint density at radius 1 is 0.843 bits per heavy atom. The summed E-state index contributed by atoms with van der Waals surface area (Å²) in [5.41, 5.74) is 2.26. The highest BCUT2D eigenvalue weighted by molar-refractivity contribution is 5.79. The maximum atomic E-state index is 13.4. The lowest BCUT2D eigenvalue weighted by molar-refractivity contribution is -0.384. The number of esters is 1. The van der Waals surface area contributed by atoms with Crippen molar-refractivity contribution in [1.82, 2.24) is 0 Å². The van der Waals surface area contributed by atoms with Crippen LogP contribution in [0, 0.1) is 22.0 Å². The van der Waals surface area contributed by atoms with Crippen molar-refractivity contribution in [3.63, 3.8) is 0 Å². The van der Waals surface area contributed by atoms with Gasteiger partial charge in [0.1, 0.15) is 24.4 Å². The van der Waals surface area contributed by atoms with Crippen molar-refractivity contribution in [1.29, 1.82) is 0 Å². The van der Waals surface area contributed by atoms with Gasteiger partial charge in [0.15, 0.2) is 23.0 Å². The van der Waals surface area contributed by atoms with Gasteiger partial charge in [-0.2, -0.15) is 0 Å². The second-order valence-corrected chi connectivity index (χ2v) is 11.7. The number of methoxy groups -OCH3 is 2. The van der Waals surface area contributed by atoms with Crippen LogP contribution in [0.3, 0.4) is 0 Å². The van der Waals surface area contributed by atoms with Gasteiger partial charge in [0, 0.05) is 29.5 Å². The zero-order valence-electron chi connectivity index (χ0n) is 27.1. The second-order valence-electron chi connectivity index (χ2n) is 11.7. The minimum atomic E-state index is -1.16. The van der Waals surface area contributed by atoms with Crippen LogP contribution in [0.4, 0.5) is 15.3 Å². The lowest BCUT2D eigenvalue weighted by Crippen LogP contribution is -2.37. The minimum Gasteiger partial charge on any atom is -0.493 e. The fraction of sp³-hybridized carbons (Fsp3) is 0.250. The Kier molecular flexibility index (Phi) is 8.92. The smallest absolute Gasteiger partial charge is 0.493 e. The Balaban J connectivity index is 1.22. The molecule has 0 unspecified atom stereocenters. The third kappa shape index (κ3) is 6.48. The molecule has 15 heteroatoms. The summed E-state index contributed by atoms with van der Waals surface area (Å²) in [6.07, 6.45) is -3.28. The second kappa shape index (κ2) is 13.8. The molecule has 2 aliphatic heterocycles. The molecule has 4 aromatic rings. The van der Waals surface area contributed by atoms with Crippen molar-refractivity contribution in [3.05, 3.63) is 111 Å². The fourth-order valence-electron chi connectivity index (χ4n) is 6.55. The fourth-order valence-corrected chi connectivity index (χ4v) is 6.55. The van der Waals surface area contributed by atoms with Gasteiger partial charge in [0.25, 0.3) is 5.69 Å². The first-order valence-electron chi connectivity index (χ1n) is 15.6. The summed E-state index contributed by atoms with van der Waals surface area (Å²) in [4.78, 5) is 49.7. The van der Waals surface area contributed by atoms with E-state index in [2.05, 4.69) is 0 Å². The van der Waals surface area contributed by atoms with Crippen LogP contribution in [0.15, 0.2) is 78.9 Å². The van der Waals surface area contributed by atoms with E-state index in [4.69, 9.17) is 42.6 Å². The maximum absolute atomic E-state index is 13.4. The van der Waals surface area contributed by atoms with Crippen LogP contribution in [0.1, 0.15) is 34.3 Å². The predicted molar refractivity (Wildman–Crippen MR) is 172 cm³/mol. The number of non-ortho nitro benzene ring substituents is 1. The van der Waals surface area contributed by atoms with Gasteiger partial charge in [-0.25, -0.2) is 9.59 Å². The first-order chi connectivity index (χ1) is 24.7. The number of carbonyl (C=O) groups excluding carboxylic acids is 3. The van der Waals surface area contributed by atoms with Crippen molar-refractivity contribution < 1.29 is 61.9 Å². The van der Waals surface area contributed by atoms with Crippen molar-refractivity contribution >= 4 is 24.0 Å². The van der Waals surface area contributed by atoms with E-state index in [0.717, 1.165) is 5.56 Å². The average Bonchev–Trinajstić information content (AvgIpc) is 3.76. The van der Waals surface area contributed by atoms with Crippen LogP contribution in [-0.4, -0.2) is 50.8 Å². The van der Waals surface area contributed by atoms with Crippen molar-refractivity contribution in [2.24, 2.45) is 11.8 Å². The maximum Gasteiger partial charge on any atom is 0.514 e. The third-order valence-electron chi connectivity index (χ3n) is 8.82. The van der Waals surface area contributed by atoms with Crippen LogP contribution >= 0.6 is 0 Å². The molecule has 0 N–H and O–H groups in total. The zero-order valence-corrected chi connectivity index (χ0v) is 27.1. The number of rotatable bonds is 9. The van der Waals surface area contributed by atoms with E-state index in [9.17, 15) is 24.5 Å². The molecular formula is C36H29NO14. The summed E-state index contributed by atoms with van der Waals surface area (Å²) < 4.78 is 50.2. The highest BCUT2D eigenvalue weighted by atomic mass is 16.7. The van der Waals surface area contributed by atoms with Crippen LogP contribution < -0.4 is 28.4 Å². The largest absolute Gasteiger partial charge is 0.514 e. The van der Waals surface area contributed by atoms with Crippen LogP contribution in [-0.2, 0) is 25.6 Å². The normalized spacial score (nSPS) is 19.5. The first-order valence-corrected chi connectivity index (χ1v) is 15.6. The molecule has 0 saturated carbocycles. The van der Waals surface area contributed by atoms with Gasteiger partial charge >= 0.3 is 18.3 Å². The van der Waals surface area contributed by atoms with Crippen molar-refractivity contribution in [2.75, 3.05) is 27.6 Å². The molecule has 1 fully saturated rings. The summed E-state index contributed by atoms with van der Waals surface area (Å²) in [5, 5.41) is 11.0. The molecule has 1 aliphatic carbocycles. The SMILES string of the molecule is COc1cc([C@@H]2c3cc4c(cc3[C@@H](OC(=O)Oc3ccc([N+](=O)[O-])cc3)[C@H]3C(=O)OC[C@H]23)OCO4)cc(OC)c1OC(=O)OCc1ccccc1.